The third kappa shape index (κ3) is 4.49. The minimum Gasteiger partial charge on any atom is -0.329 e. The van der Waals surface area contributed by atoms with Gasteiger partial charge in [-0.05, 0) is 43.5 Å². The number of amides is 1. The van der Waals surface area contributed by atoms with Crippen LogP contribution in [0.1, 0.15) is 25.2 Å². The van der Waals surface area contributed by atoms with E-state index >= 15 is 0 Å². The molecule has 1 amide bonds. The fraction of sp³-hybridized carbons (Fsp3) is 0.400. The number of nitrogens with two attached hydrogens (primary N) is 1. The van der Waals surface area contributed by atoms with E-state index in [1.54, 1.807) is 12.1 Å². The molecule has 0 aliphatic heterocycles. The maximum atomic E-state index is 12.4. The summed E-state index contributed by atoms with van der Waals surface area (Å²) in [5.41, 5.74) is 6.69. The van der Waals surface area contributed by atoms with Gasteiger partial charge >= 0.3 is 12.1 Å². The molecule has 25 heavy (non-hydrogen) atoms. The number of alkyl halides is 3. The van der Waals surface area contributed by atoms with Gasteiger partial charge in [-0.1, -0.05) is 5.16 Å². The lowest BCUT2D eigenvalue weighted by Gasteiger charge is -2.10. The highest BCUT2D eigenvalue weighted by Crippen LogP contribution is 2.30. The third-order valence-corrected chi connectivity index (χ3v) is 3.92. The first-order chi connectivity index (χ1) is 11.3. The lowest BCUT2D eigenvalue weighted by molar-refractivity contribution is -0.159. The van der Waals surface area contributed by atoms with Crippen LogP contribution < -0.4 is 11.1 Å². The van der Waals surface area contributed by atoms with Crippen molar-refractivity contribution in [3.63, 3.8) is 0 Å². The molecule has 2 unspecified atom stereocenters. The predicted molar refractivity (Wildman–Crippen MR) is 85.9 cm³/mol. The molecule has 2 aromatic rings. The number of halogens is 4. The number of aromatic nitrogens is 2. The van der Waals surface area contributed by atoms with Gasteiger partial charge in [0.25, 0.3) is 0 Å². The Balaban J connectivity index is 0.00000225. The minimum atomic E-state index is -4.68. The molecular weight excluding hydrogens is 361 g/mol. The van der Waals surface area contributed by atoms with Crippen LogP contribution in [0.15, 0.2) is 28.8 Å². The van der Waals surface area contributed by atoms with E-state index in [9.17, 15) is 18.0 Å². The maximum absolute atomic E-state index is 12.4. The molecule has 0 spiro atoms. The van der Waals surface area contributed by atoms with E-state index in [1.165, 1.54) is 12.1 Å². The van der Waals surface area contributed by atoms with Crippen molar-refractivity contribution >= 4 is 24.0 Å². The van der Waals surface area contributed by atoms with Crippen LogP contribution in [0.5, 0.6) is 0 Å². The number of carbonyl (C=O) groups excluding carboxylic acids is 1. The molecule has 0 bridgehead atoms. The Bertz CT molecular complexity index is 733. The summed E-state index contributed by atoms with van der Waals surface area (Å²) in [6.07, 6.45) is -2.43. The summed E-state index contributed by atoms with van der Waals surface area (Å²) in [6.45, 7) is 0. The van der Waals surface area contributed by atoms with Crippen LogP contribution in [-0.2, 0) is 11.0 Å². The molecule has 1 heterocycles. The second kappa shape index (κ2) is 7.40. The van der Waals surface area contributed by atoms with Crippen LogP contribution in [-0.4, -0.2) is 22.1 Å². The van der Waals surface area contributed by atoms with Crippen molar-refractivity contribution < 1.29 is 22.5 Å². The molecule has 0 radical (unpaired) electrons. The molecule has 1 aromatic heterocycles. The fourth-order valence-corrected chi connectivity index (χ4v) is 2.66. The van der Waals surface area contributed by atoms with E-state index in [0.29, 0.717) is 17.7 Å². The van der Waals surface area contributed by atoms with E-state index in [1.807, 2.05) is 0 Å². The largest absolute Gasteiger partial charge is 0.471 e. The van der Waals surface area contributed by atoms with Crippen LogP contribution in [0.25, 0.3) is 11.4 Å². The van der Waals surface area contributed by atoms with Crippen LogP contribution in [0.2, 0.25) is 0 Å². The standard InChI is InChI=1S/C15H15F3N4O2.ClH/c16-15(17,18)14-21-12(22-24-14)8-2-5-11(6-3-8)20-13(23)9-1-4-10(19)7-9;/h2-3,5-6,9-10H,1,4,7,19H2,(H,20,23);1H. The summed E-state index contributed by atoms with van der Waals surface area (Å²) in [4.78, 5) is 15.4. The van der Waals surface area contributed by atoms with E-state index < -0.39 is 12.1 Å². The van der Waals surface area contributed by atoms with Gasteiger partial charge in [0.1, 0.15) is 0 Å². The Kier molecular flexibility index (Phi) is 5.69. The number of benzene rings is 1. The number of nitrogens with one attached hydrogen (secondary N) is 1. The van der Waals surface area contributed by atoms with Gasteiger partial charge in [0.05, 0.1) is 0 Å². The molecule has 3 rings (SSSR count). The Hall–Kier alpha value is -2.13. The van der Waals surface area contributed by atoms with Gasteiger partial charge in [0.15, 0.2) is 0 Å². The highest BCUT2D eigenvalue weighted by atomic mass is 35.5. The molecule has 1 saturated carbocycles. The van der Waals surface area contributed by atoms with Crippen molar-refractivity contribution in [2.75, 3.05) is 5.32 Å². The van der Waals surface area contributed by atoms with Gasteiger partial charge in [-0.3, -0.25) is 4.79 Å². The number of carbonyl (C=O) groups is 1. The Labute approximate surface area is 147 Å². The van der Waals surface area contributed by atoms with Gasteiger partial charge in [0, 0.05) is 23.2 Å². The zero-order valence-electron chi connectivity index (χ0n) is 12.9. The number of anilines is 1. The second-order valence-corrected chi connectivity index (χ2v) is 5.76. The maximum Gasteiger partial charge on any atom is 0.471 e. The van der Waals surface area contributed by atoms with Crippen molar-refractivity contribution in [2.45, 2.75) is 31.5 Å². The number of hydrogen-bond donors (Lipinski definition) is 2. The molecule has 1 fully saturated rings. The number of hydrogen-bond acceptors (Lipinski definition) is 5. The van der Waals surface area contributed by atoms with Crippen LogP contribution in [0, 0.1) is 5.92 Å². The molecule has 3 N–H and O–H groups in total. The highest BCUT2D eigenvalue weighted by molar-refractivity contribution is 5.93. The van der Waals surface area contributed by atoms with Crippen LogP contribution in [0.3, 0.4) is 0 Å². The lowest BCUT2D eigenvalue weighted by Crippen LogP contribution is -2.23. The van der Waals surface area contributed by atoms with E-state index in [4.69, 9.17) is 5.73 Å². The SMILES string of the molecule is Cl.NC1CCC(C(=O)Nc2ccc(-c3noc(C(F)(F)F)n3)cc2)C1. The average molecular weight is 377 g/mol. The van der Waals surface area contributed by atoms with E-state index in [0.717, 1.165) is 12.8 Å². The van der Waals surface area contributed by atoms with Crippen molar-refractivity contribution in [3.8, 4) is 11.4 Å². The summed E-state index contributed by atoms with van der Waals surface area (Å²) in [6, 6.07) is 6.24. The van der Waals surface area contributed by atoms with Gasteiger partial charge < -0.3 is 15.6 Å². The Morgan fingerprint density at radius 1 is 1.24 bits per heavy atom. The second-order valence-electron chi connectivity index (χ2n) is 5.76. The number of nitrogens with zero attached hydrogens (tertiary/aromatic N) is 2. The molecule has 2 atom stereocenters. The molecule has 1 aromatic carbocycles. The van der Waals surface area contributed by atoms with Crippen molar-refractivity contribution in [1.29, 1.82) is 0 Å². The van der Waals surface area contributed by atoms with Gasteiger partial charge in [-0.15, -0.1) is 12.4 Å². The highest BCUT2D eigenvalue weighted by Gasteiger charge is 2.38. The zero-order chi connectivity index (χ0) is 17.3. The Morgan fingerprint density at radius 3 is 2.44 bits per heavy atom. The van der Waals surface area contributed by atoms with Gasteiger partial charge in [-0.25, -0.2) is 0 Å². The first-order valence-electron chi connectivity index (χ1n) is 7.40. The van der Waals surface area contributed by atoms with Crippen LogP contribution in [0.4, 0.5) is 18.9 Å². The van der Waals surface area contributed by atoms with Crippen LogP contribution >= 0.6 is 12.4 Å². The molecule has 0 saturated heterocycles. The first-order valence-corrected chi connectivity index (χ1v) is 7.40. The summed E-state index contributed by atoms with van der Waals surface area (Å²) in [5.74, 6) is -1.77. The van der Waals surface area contributed by atoms with Crippen molar-refractivity contribution in [1.82, 2.24) is 10.1 Å². The molecule has 136 valence electrons. The van der Waals surface area contributed by atoms with E-state index in [2.05, 4.69) is 20.0 Å². The van der Waals surface area contributed by atoms with Gasteiger partial charge in [-0.2, -0.15) is 18.2 Å². The third-order valence-electron chi connectivity index (χ3n) is 3.92. The van der Waals surface area contributed by atoms with Crippen molar-refractivity contribution in [2.24, 2.45) is 11.7 Å². The topological polar surface area (TPSA) is 94.0 Å². The lowest BCUT2D eigenvalue weighted by atomic mass is 10.1. The quantitative estimate of drug-likeness (QED) is 0.857. The zero-order valence-corrected chi connectivity index (χ0v) is 13.7. The van der Waals surface area contributed by atoms with Crippen molar-refractivity contribution in [3.05, 3.63) is 30.2 Å². The molecule has 10 heteroatoms. The van der Waals surface area contributed by atoms with E-state index in [-0.39, 0.29) is 36.1 Å². The first kappa shape index (κ1) is 19.2. The number of rotatable bonds is 3. The average Bonchev–Trinajstić information content (AvgIpc) is 3.16. The molecule has 1 aliphatic rings. The minimum absolute atomic E-state index is 0. The molecular formula is C15H16ClF3N4O2. The normalized spacial score (nSPS) is 20.2. The molecule has 6 nitrogen and oxygen atoms in total. The monoisotopic (exact) mass is 376 g/mol. The summed E-state index contributed by atoms with van der Waals surface area (Å²) >= 11 is 0. The smallest absolute Gasteiger partial charge is 0.329 e. The fourth-order valence-electron chi connectivity index (χ4n) is 2.66. The summed E-state index contributed by atoms with van der Waals surface area (Å²) in [7, 11) is 0. The predicted octanol–water partition coefficient (Wildman–Crippen LogP) is 3.24. The Morgan fingerprint density at radius 2 is 1.92 bits per heavy atom. The summed E-state index contributed by atoms with van der Waals surface area (Å²) in [5, 5.41) is 6.08. The summed E-state index contributed by atoms with van der Waals surface area (Å²) < 4.78 is 41.5. The molecule has 1 aliphatic carbocycles. The van der Waals surface area contributed by atoms with Gasteiger partial charge in [0.2, 0.25) is 11.7 Å².